The molecule has 0 amide bonds. The molecule has 1 aliphatic rings. The monoisotopic (exact) mass is 364 g/mol. The van der Waals surface area contributed by atoms with Gasteiger partial charge in [-0.25, -0.2) is 0 Å². The van der Waals surface area contributed by atoms with Gasteiger partial charge in [0.25, 0.3) is 0 Å². The number of hydrogen-bond acceptors (Lipinski definition) is 7. The van der Waals surface area contributed by atoms with E-state index in [4.69, 9.17) is 5.26 Å². The minimum atomic E-state index is -0.750. The van der Waals surface area contributed by atoms with E-state index in [1.807, 2.05) is 4.90 Å². The van der Waals surface area contributed by atoms with Gasteiger partial charge in [-0.05, 0) is 11.6 Å². The van der Waals surface area contributed by atoms with Crippen molar-refractivity contribution in [3.63, 3.8) is 0 Å². The first kappa shape index (κ1) is 21.2. The highest BCUT2D eigenvalue weighted by Gasteiger charge is 2.27. The van der Waals surface area contributed by atoms with Crippen molar-refractivity contribution in [1.82, 2.24) is 10.2 Å². The molecule has 0 radical (unpaired) electrons. The zero-order valence-electron chi connectivity index (χ0n) is 12.1. The molecule has 10 heteroatoms. The highest BCUT2D eigenvalue weighted by atomic mass is 35.5. The number of rotatable bonds is 4. The quantitative estimate of drug-likeness (QED) is 0.422. The van der Waals surface area contributed by atoms with Gasteiger partial charge in [0.15, 0.2) is 5.75 Å². The van der Waals surface area contributed by atoms with Gasteiger partial charge in [0.1, 0.15) is 0 Å². The molecule has 0 unspecified atom stereocenters. The lowest BCUT2D eigenvalue weighted by Gasteiger charge is -2.34. The Morgan fingerprint density at radius 1 is 1.35 bits per heavy atom. The van der Waals surface area contributed by atoms with E-state index in [1.54, 1.807) is 0 Å². The molecule has 0 aromatic heterocycles. The summed E-state index contributed by atoms with van der Waals surface area (Å²) in [6.45, 7) is 2.96. The summed E-state index contributed by atoms with van der Waals surface area (Å²) in [6.07, 6.45) is 0.154. The third-order valence-electron chi connectivity index (χ3n) is 3.55. The van der Waals surface area contributed by atoms with Crippen LogP contribution in [0.3, 0.4) is 0 Å². The number of nitriles is 1. The van der Waals surface area contributed by atoms with Crippen LogP contribution in [0.25, 0.3) is 0 Å². The number of nitrogens with one attached hydrogen (secondary N) is 1. The third-order valence-corrected chi connectivity index (χ3v) is 3.55. The fourth-order valence-corrected chi connectivity index (χ4v) is 2.49. The van der Waals surface area contributed by atoms with Crippen molar-refractivity contribution >= 4 is 30.5 Å². The van der Waals surface area contributed by atoms with Crippen molar-refractivity contribution < 1.29 is 15.1 Å². The van der Waals surface area contributed by atoms with Gasteiger partial charge in [0, 0.05) is 38.3 Å². The Bertz CT molecular complexity index is 588. The lowest BCUT2D eigenvalue weighted by Crippen LogP contribution is -2.45. The van der Waals surface area contributed by atoms with Crippen molar-refractivity contribution in [2.45, 2.75) is 12.5 Å². The van der Waals surface area contributed by atoms with Gasteiger partial charge in [0.05, 0.1) is 17.4 Å². The Labute approximate surface area is 145 Å². The largest absolute Gasteiger partial charge is 0.504 e. The number of nitro groups is 1. The maximum absolute atomic E-state index is 10.9. The van der Waals surface area contributed by atoms with Crippen LogP contribution in [0.4, 0.5) is 5.69 Å². The van der Waals surface area contributed by atoms with Crippen LogP contribution in [0.15, 0.2) is 12.1 Å². The van der Waals surface area contributed by atoms with Gasteiger partial charge in [-0.2, -0.15) is 5.26 Å². The van der Waals surface area contributed by atoms with E-state index in [0.29, 0.717) is 18.7 Å². The second kappa shape index (κ2) is 9.37. The van der Waals surface area contributed by atoms with E-state index < -0.39 is 22.1 Å². The Kier molecular flexibility index (Phi) is 8.64. The summed E-state index contributed by atoms with van der Waals surface area (Å²) < 4.78 is 0. The molecule has 1 heterocycles. The summed E-state index contributed by atoms with van der Waals surface area (Å²) in [4.78, 5) is 12.2. The normalized spacial score (nSPS) is 15.6. The molecule has 1 saturated heterocycles. The summed E-state index contributed by atoms with van der Waals surface area (Å²) in [7, 11) is 0. The van der Waals surface area contributed by atoms with Crippen LogP contribution in [0, 0.1) is 21.4 Å². The van der Waals surface area contributed by atoms with Gasteiger partial charge in [-0.1, -0.05) is 0 Å². The molecule has 3 N–H and O–H groups in total. The average molecular weight is 365 g/mol. The fraction of sp³-hybridized carbons (Fsp3) is 0.462. The van der Waals surface area contributed by atoms with Crippen molar-refractivity contribution in [3.8, 4) is 17.6 Å². The second-order valence-electron chi connectivity index (χ2n) is 4.83. The predicted octanol–water partition coefficient (Wildman–Crippen LogP) is 1.71. The third kappa shape index (κ3) is 4.84. The van der Waals surface area contributed by atoms with E-state index in [-0.39, 0.29) is 37.3 Å². The average Bonchev–Trinajstić information content (AvgIpc) is 2.48. The van der Waals surface area contributed by atoms with Gasteiger partial charge in [-0.3, -0.25) is 15.0 Å². The molecule has 0 bridgehead atoms. The van der Waals surface area contributed by atoms with Crippen LogP contribution in [0.2, 0.25) is 0 Å². The molecule has 1 atom stereocenters. The molecule has 0 aliphatic carbocycles. The number of nitrogens with zero attached hydrogens (tertiary/aromatic N) is 3. The summed E-state index contributed by atoms with van der Waals surface area (Å²) in [5.74, 6) is -1.29. The number of piperazine rings is 1. The number of phenols is 2. The van der Waals surface area contributed by atoms with Crippen molar-refractivity contribution in [3.05, 3.63) is 27.8 Å². The molecular weight excluding hydrogens is 347 g/mol. The molecule has 1 aliphatic heterocycles. The summed E-state index contributed by atoms with van der Waals surface area (Å²) >= 11 is 0. The number of hydrogen-bond donors (Lipinski definition) is 3. The van der Waals surface area contributed by atoms with E-state index in [0.717, 1.165) is 13.1 Å². The number of aromatic hydroxyl groups is 2. The topological polar surface area (TPSA) is 123 Å². The second-order valence-corrected chi connectivity index (χ2v) is 4.83. The predicted molar refractivity (Wildman–Crippen MR) is 88.3 cm³/mol. The SMILES string of the molecule is Cl.Cl.N#CC[C@H](c1cc(O)c(O)c([N+](=O)[O-])c1)N1CCNCC1. The fourth-order valence-electron chi connectivity index (χ4n) is 2.49. The van der Waals surface area contributed by atoms with Gasteiger partial charge in [0.2, 0.25) is 5.75 Å². The number of benzene rings is 1. The Morgan fingerprint density at radius 3 is 2.48 bits per heavy atom. The Hall–Kier alpha value is -1.79. The summed E-state index contributed by atoms with van der Waals surface area (Å²) in [5, 5.41) is 42.3. The summed E-state index contributed by atoms with van der Waals surface area (Å²) in [5.41, 5.74) is -0.0940. The zero-order chi connectivity index (χ0) is 15.4. The molecule has 8 nitrogen and oxygen atoms in total. The number of halogens is 2. The van der Waals surface area contributed by atoms with Crippen molar-refractivity contribution in [2.75, 3.05) is 26.2 Å². The highest BCUT2D eigenvalue weighted by Crippen LogP contribution is 2.39. The minimum absolute atomic E-state index is 0. The molecule has 0 spiro atoms. The van der Waals surface area contributed by atoms with Crippen LogP contribution < -0.4 is 5.32 Å². The highest BCUT2D eigenvalue weighted by molar-refractivity contribution is 5.85. The van der Waals surface area contributed by atoms with Crippen LogP contribution in [-0.2, 0) is 0 Å². The van der Waals surface area contributed by atoms with E-state index in [2.05, 4.69) is 11.4 Å². The molecule has 0 saturated carbocycles. The molecule has 128 valence electrons. The van der Waals surface area contributed by atoms with Crippen LogP contribution in [0.1, 0.15) is 18.0 Å². The maximum Gasteiger partial charge on any atom is 0.314 e. The number of phenolic OH excluding ortho intramolecular Hbond substituents is 2. The van der Waals surface area contributed by atoms with Gasteiger partial charge >= 0.3 is 5.69 Å². The minimum Gasteiger partial charge on any atom is -0.504 e. The standard InChI is InChI=1S/C13H16N4O4.2ClH/c14-2-1-10(16-5-3-15-4-6-16)9-7-11(17(20)21)13(19)12(18)8-9;;/h7-8,10,15,18-19H,1,3-6H2;2*1H/t10-;;/m1../s1. The van der Waals surface area contributed by atoms with Crippen LogP contribution >= 0.6 is 24.8 Å². The molecule has 2 rings (SSSR count). The lowest BCUT2D eigenvalue weighted by atomic mass is 10.00. The van der Waals surface area contributed by atoms with Gasteiger partial charge in [-0.15, -0.1) is 24.8 Å². The first-order chi connectivity index (χ1) is 10.0. The van der Waals surface area contributed by atoms with E-state index >= 15 is 0 Å². The first-order valence-electron chi connectivity index (χ1n) is 6.56. The molecule has 1 fully saturated rings. The molecule has 1 aromatic carbocycles. The zero-order valence-corrected chi connectivity index (χ0v) is 13.8. The Balaban J connectivity index is 0.00000242. The molecular formula is C13H18Cl2N4O4. The van der Waals surface area contributed by atoms with Crippen molar-refractivity contribution in [2.24, 2.45) is 0 Å². The van der Waals surface area contributed by atoms with Gasteiger partial charge < -0.3 is 15.5 Å². The number of nitro benzene ring substituents is 1. The van der Waals surface area contributed by atoms with E-state index in [1.165, 1.54) is 12.1 Å². The van der Waals surface area contributed by atoms with E-state index in [9.17, 15) is 20.3 Å². The smallest absolute Gasteiger partial charge is 0.314 e. The first-order valence-corrected chi connectivity index (χ1v) is 6.56. The lowest BCUT2D eigenvalue weighted by molar-refractivity contribution is -0.386. The molecule has 23 heavy (non-hydrogen) atoms. The van der Waals surface area contributed by atoms with Crippen LogP contribution in [0.5, 0.6) is 11.5 Å². The Morgan fingerprint density at radius 2 is 1.96 bits per heavy atom. The summed E-state index contributed by atoms with van der Waals surface area (Å²) in [6, 6.07) is 4.23. The molecule has 1 aromatic rings. The maximum atomic E-state index is 10.9. The van der Waals surface area contributed by atoms with Crippen LogP contribution in [-0.4, -0.2) is 46.2 Å². The van der Waals surface area contributed by atoms with Crippen molar-refractivity contribution in [1.29, 1.82) is 5.26 Å².